The first-order valence-corrected chi connectivity index (χ1v) is 9.31. The van der Waals surface area contributed by atoms with Crippen molar-refractivity contribution in [2.45, 2.75) is 26.0 Å². The van der Waals surface area contributed by atoms with Gasteiger partial charge in [0.05, 0.1) is 12.7 Å². The molecule has 3 N–H and O–H groups in total. The van der Waals surface area contributed by atoms with Crippen molar-refractivity contribution in [1.29, 1.82) is 0 Å². The molecular formula is C22H23FN2O5. The molecule has 30 heavy (non-hydrogen) atoms. The van der Waals surface area contributed by atoms with Crippen molar-refractivity contribution >= 4 is 23.9 Å². The molecule has 0 saturated carbocycles. The lowest BCUT2D eigenvalue weighted by Gasteiger charge is -2.20. The molecule has 0 fully saturated rings. The molecule has 2 aromatic carbocycles. The van der Waals surface area contributed by atoms with Crippen LogP contribution < -0.4 is 10.6 Å². The summed E-state index contributed by atoms with van der Waals surface area (Å²) in [5.74, 6) is -2.92. The van der Waals surface area contributed by atoms with Crippen molar-refractivity contribution in [3.05, 3.63) is 77.2 Å². The average Bonchev–Trinajstić information content (AvgIpc) is 2.73. The molecule has 0 aromatic heterocycles. The number of ether oxygens (including phenoxy) is 1. The fraction of sp³-hybridized carbons (Fsp3) is 0.227. The lowest BCUT2D eigenvalue weighted by Crippen LogP contribution is -2.50. The summed E-state index contributed by atoms with van der Waals surface area (Å²) in [6, 6.07) is 12.4. The third-order valence-corrected chi connectivity index (χ3v) is 4.04. The second kappa shape index (κ2) is 10.9. The molecule has 0 heterocycles. The zero-order chi connectivity index (χ0) is 22.1. The number of hydrogen-bond donors (Lipinski definition) is 3. The smallest absolute Gasteiger partial charge is 0.331 e. The lowest BCUT2D eigenvalue weighted by molar-refractivity contribution is -0.150. The number of rotatable bonds is 8. The van der Waals surface area contributed by atoms with Crippen LogP contribution in [0.5, 0.6) is 0 Å². The van der Waals surface area contributed by atoms with Gasteiger partial charge in [0.1, 0.15) is 11.5 Å². The highest BCUT2D eigenvalue weighted by atomic mass is 19.1. The molecule has 0 spiro atoms. The zero-order valence-electron chi connectivity index (χ0n) is 16.6. The van der Waals surface area contributed by atoms with Gasteiger partial charge < -0.3 is 20.5 Å². The van der Waals surface area contributed by atoms with E-state index in [-0.39, 0.29) is 23.4 Å². The van der Waals surface area contributed by atoms with E-state index in [4.69, 9.17) is 4.74 Å². The molecular weight excluding hydrogens is 391 g/mol. The van der Waals surface area contributed by atoms with Crippen LogP contribution in [0, 0.1) is 5.82 Å². The molecule has 158 valence electrons. The zero-order valence-corrected chi connectivity index (χ0v) is 16.6. The highest BCUT2D eigenvalue weighted by Crippen LogP contribution is 2.12. The van der Waals surface area contributed by atoms with Gasteiger partial charge in [-0.25, -0.2) is 9.18 Å². The first-order chi connectivity index (χ1) is 14.3. The SMILES string of the molecule is CCOC(=O)C(NC(=O)C(=Cc1ccccc1F)NC(=O)c1ccccc1)C(C)O. The summed E-state index contributed by atoms with van der Waals surface area (Å²) in [6.07, 6.45) is -0.108. The Morgan fingerprint density at radius 1 is 1.10 bits per heavy atom. The quantitative estimate of drug-likeness (QED) is 0.453. The number of hydrogen-bond acceptors (Lipinski definition) is 5. The Labute approximate surface area is 173 Å². The predicted octanol–water partition coefficient (Wildman–Crippen LogP) is 2.03. The molecule has 2 amide bonds. The number of halogens is 1. The number of carbonyl (C=O) groups is 3. The van der Waals surface area contributed by atoms with Crippen LogP contribution in [-0.2, 0) is 14.3 Å². The van der Waals surface area contributed by atoms with Crippen molar-refractivity contribution in [2.75, 3.05) is 6.61 Å². The number of amides is 2. The van der Waals surface area contributed by atoms with Gasteiger partial charge in [0.2, 0.25) is 0 Å². The monoisotopic (exact) mass is 414 g/mol. The summed E-state index contributed by atoms with van der Waals surface area (Å²) >= 11 is 0. The second-order valence-electron chi connectivity index (χ2n) is 6.34. The standard InChI is InChI=1S/C22H23FN2O5/c1-3-30-22(29)19(14(2)26)25-21(28)18(13-16-11-7-8-12-17(16)23)24-20(27)15-9-5-4-6-10-15/h4-14,19,26H,3H2,1-2H3,(H,24,27)(H,25,28). The maximum Gasteiger partial charge on any atom is 0.331 e. The summed E-state index contributed by atoms with van der Waals surface area (Å²) < 4.78 is 18.9. The van der Waals surface area contributed by atoms with Crippen LogP contribution in [0.25, 0.3) is 6.08 Å². The Morgan fingerprint density at radius 2 is 1.73 bits per heavy atom. The minimum atomic E-state index is -1.37. The molecule has 2 unspecified atom stereocenters. The van der Waals surface area contributed by atoms with Crippen LogP contribution in [0.1, 0.15) is 29.8 Å². The van der Waals surface area contributed by atoms with Gasteiger partial charge in [-0.1, -0.05) is 36.4 Å². The van der Waals surface area contributed by atoms with Crippen LogP contribution in [0.3, 0.4) is 0 Å². The first kappa shape index (κ1) is 22.8. The third-order valence-electron chi connectivity index (χ3n) is 4.04. The van der Waals surface area contributed by atoms with Gasteiger partial charge in [0, 0.05) is 11.1 Å². The number of aliphatic hydroxyl groups excluding tert-OH is 1. The van der Waals surface area contributed by atoms with Crippen LogP contribution in [-0.4, -0.2) is 41.6 Å². The Bertz CT molecular complexity index is 928. The van der Waals surface area contributed by atoms with Crippen LogP contribution >= 0.6 is 0 Å². The minimum Gasteiger partial charge on any atom is -0.464 e. The van der Waals surface area contributed by atoms with Gasteiger partial charge in [-0.3, -0.25) is 9.59 Å². The van der Waals surface area contributed by atoms with Crippen LogP contribution in [0.2, 0.25) is 0 Å². The molecule has 8 heteroatoms. The summed E-state index contributed by atoms with van der Waals surface area (Å²) in [5.41, 5.74) is 0.0341. The Hall–Kier alpha value is -3.52. The van der Waals surface area contributed by atoms with Gasteiger partial charge >= 0.3 is 5.97 Å². The fourth-order valence-corrected chi connectivity index (χ4v) is 2.52. The van der Waals surface area contributed by atoms with Gasteiger partial charge in [-0.2, -0.15) is 0 Å². The molecule has 0 aliphatic rings. The number of esters is 1. The maximum atomic E-state index is 14.1. The molecule has 2 atom stereocenters. The fourth-order valence-electron chi connectivity index (χ4n) is 2.52. The highest BCUT2D eigenvalue weighted by Gasteiger charge is 2.28. The van der Waals surface area contributed by atoms with Gasteiger partial charge in [-0.05, 0) is 38.1 Å². The second-order valence-corrected chi connectivity index (χ2v) is 6.34. The highest BCUT2D eigenvalue weighted by molar-refractivity contribution is 6.06. The largest absolute Gasteiger partial charge is 0.464 e. The molecule has 0 radical (unpaired) electrons. The van der Waals surface area contributed by atoms with Gasteiger partial charge in [0.25, 0.3) is 11.8 Å². The van der Waals surface area contributed by atoms with E-state index in [0.717, 1.165) is 6.08 Å². The molecule has 0 bridgehead atoms. The number of nitrogens with one attached hydrogen (secondary N) is 2. The van der Waals surface area contributed by atoms with Crippen molar-refractivity contribution < 1.29 is 28.6 Å². The molecule has 2 aromatic rings. The number of aliphatic hydroxyl groups is 1. The third kappa shape index (κ3) is 6.25. The van der Waals surface area contributed by atoms with Gasteiger partial charge in [-0.15, -0.1) is 0 Å². The van der Waals surface area contributed by atoms with E-state index >= 15 is 0 Å². The van der Waals surface area contributed by atoms with E-state index < -0.39 is 35.7 Å². The van der Waals surface area contributed by atoms with E-state index in [1.165, 1.54) is 25.1 Å². The van der Waals surface area contributed by atoms with Crippen molar-refractivity contribution in [3.63, 3.8) is 0 Å². The molecule has 0 aliphatic heterocycles. The van der Waals surface area contributed by atoms with Crippen molar-refractivity contribution in [1.82, 2.24) is 10.6 Å². The predicted molar refractivity (Wildman–Crippen MR) is 109 cm³/mol. The topological polar surface area (TPSA) is 105 Å². The Balaban J connectivity index is 2.34. The van der Waals surface area contributed by atoms with E-state index in [1.54, 1.807) is 43.3 Å². The number of carbonyl (C=O) groups excluding carboxylic acids is 3. The van der Waals surface area contributed by atoms with Crippen molar-refractivity contribution in [2.24, 2.45) is 0 Å². The van der Waals surface area contributed by atoms with Crippen LogP contribution in [0.15, 0.2) is 60.3 Å². The Morgan fingerprint density at radius 3 is 2.33 bits per heavy atom. The molecule has 0 saturated heterocycles. The Kier molecular flexibility index (Phi) is 8.25. The molecule has 2 rings (SSSR count). The normalized spacial score (nSPS) is 13.1. The van der Waals surface area contributed by atoms with E-state index in [2.05, 4.69) is 10.6 Å². The van der Waals surface area contributed by atoms with E-state index in [1.807, 2.05) is 0 Å². The molecule has 0 aliphatic carbocycles. The van der Waals surface area contributed by atoms with Crippen molar-refractivity contribution in [3.8, 4) is 0 Å². The summed E-state index contributed by atoms with van der Waals surface area (Å²) in [6.45, 7) is 2.95. The summed E-state index contributed by atoms with van der Waals surface area (Å²) in [5, 5.41) is 14.6. The summed E-state index contributed by atoms with van der Waals surface area (Å²) in [4.78, 5) is 37.4. The summed E-state index contributed by atoms with van der Waals surface area (Å²) in [7, 11) is 0. The maximum absolute atomic E-state index is 14.1. The van der Waals surface area contributed by atoms with E-state index in [9.17, 15) is 23.9 Å². The number of benzene rings is 2. The minimum absolute atomic E-state index is 0.0561. The van der Waals surface area contributed by atoms with Gasteiger partial charge in [0.15, 0.2) is 6.04 Å². The first-order valence-electron chi connectivity index (χ1n) is 9.31. The van der Waals surface area contributed by atoms with E-state index in [0.29, 0.717) is 0 Å². The lowest BCUT2D eigenvalue weighted by atomic mass is 10.1. The average molecular weight is 414 g/mol. The molecule has 7 nitrogen and oxygen atoms in total. The van der Waals surface area contributed by atoms with Crippen LogP contribution in [0.4, 0.5) is 4.39 Å².